The number of rotatable bonds is 5. The van der Waals surface area contributed by atoms with E-state index in [1.165, 1.54) is 29.5 Å². The summed E-state index contributed by atoms with van der Waals surface area (Å²) in [5.74, 6) is 2.42. The second kappa shape index (κ2) is 6.12. The van der Waals surface area contributed by atoms with Crippen LogP contribution in [-0.4, -0.2) is 25.1 Å². The van der Waals surface area contributed by atoms with Gasteiger partial charge in [0, 0.05) is 47.1 Å². The van der Waals surface area contributed by atoms with Crippen LogP contribution in [0.5, 0.6) is 0 Å². The van der Waals surface area contributed by atoms with Crippen molar-refractivity contribution in [1.29, 1.82) is 0 Å². The zero-order valence-electron chi connectivity index (χ0n) is 15.0. The highest BCUT2D eigenvalue weighted by molar-refractivity contribution is 5.80. The number of benzene rings is 1. The second-order valence-electron chi connectivity index (χ2n) is 7.19. The summed E-state index contributed by atoms with van der Waals surface area (Å²) in [6, 6.07) is 10.5. The number of H-pyrrole nitrogens is 2. The molecule has 1 fully saturated rings. The van der Waals surface area contributed by atoms with Gasteiger partial charge in [0.15, 0.2) is 5.82 Å². The summed E-state index contributed by atoms with van der Waals surface area (Å²) in [6.45, 7) is 2.15. The summed E-state index contributed by atoms with van der Waals surface area (Å²) in [4.78, 5) is 11.9. The molecule has 1 unspecified atom stereocenters. The summed E-state index contributed by atoms with van der Waals surface area (Å²) in [5.41, 5.74) is 10.3. The van der Waals surface area contributed by atoms with E-state index >= 15 is 0 Å². The Morgan fingerprint density at radius 1 is 1.22 bits per heavy atom. The lowest BCUT2D eigenvalue weighted by atomic mass is 9.93. The van der Waals surface area contributed by atoms with Crippen LogP contribution in [0.15, 0.2) is 42.7 Å². The summed E-state index contributed by atoms with van der Waals surface area (Å²) in [7, 11) is 0. The van der Waals surface area contributed by atoms with Gasteiger partial charge in [-0.25, -0.2) is 4.98 Å². The van der Waals surface area contributed by atoms with Crippen molar-refractivity contribution in [1.82, 2.24) is 25.1 Å². The van der Waals surface area contributed by atoms with Crippen LogP contribution >= 0.6 is 0 Å². The first-order valence-corrected chi connectivity index (χ1v) is 9.19. The van der Waals surface area contributed by atoms with E-state index in [0.717, 1.165) is 16.9 Å². The Hall–Kier alpha value is -3.35. The standard InChI is InChI=1S/C20H21N7/c1-11(13-4-5-16-14(8-13)6-7-22-16)15-10-23-20(21)25-19(15)24-18-9-17(26-27-18)12-2-3-12/h4-12,22H,2-3H2,1H3,(H4,21,23,24,25,26,27). The number of hydrogen-bond acceptors (Lipinski definition) is 5. The molecule has 5 rings (SSSR count). The number of anilines is 3. The van der Waals surface area contributed by atoms with E-state index < -0.39 is 0 Å². The number of nitrogens with zero attached hydrogens (tertiary/aromatic N) is 3. The molecule has 1 atom stereocenters. The van der Waals surface area contributed by atoms with Crippen LogP contribution in [0.3, 0.4) is 0 Å². The number of fused-ring (bicyclic) bond motifs is 1. The molecule has 3 heterocycles. The van der Waals surface area contributed by atoms with E-state index in [9.17, 15) is 0 Å². The molecule has 0 radical (unpaired) electrons. The van der Waals surface area contributed by atoms with Crippen LogP contribution in [0.4, 0.5) is 17.6 Å². The highest BCUT2D eigenvalue weighted by atomic mass is 15.2. The van der Waals surface area contributed by atoms with Gasteiger partial charge in [0.1, 0.15) is 5.82 Å². The molecule has 3 aromatic heterocycles. The van der Waals surface area contributed by atoms with E-state index in [0.29, 0.717) is 11.7 Å². The number of aromatic amines is 2. The lowest BCUT2D eigenvalue weighted by Crippen LogP contribution is -2.07. The highest BCUT2D eigenvalue weighted by Crippen LogP contribution is 2.40. The van der Waals surface area contributed by atoms with Crippen LogP contribution in [-0.2, 0) is 0 Å². The molecule has 7 heteroatoms. The van der Waals surface area contributed by atoms with Crippen molar-refractivity contribution in [3.8, 4) is 0 Å². The molecule has 27 heavy (non-hydrogen) atoms. The third kappa shape index (κ3) is 3.01. The molecule has 0 aliphatic heterocycles. The van der Waals surface area contributed by atoms with Gasteiger partial charge in [-0.15, -0.1) is 0 Å². The van der Waals surface area contributed by atoms with Crippen LogP contribution in [0.2, 0.25) is 0 Å². The topological polar surface area (TPSA) is 108 Å². The Morgan fingerprint density at radius 2 is 2.11 bits per heavy atom. The molecule has 0 amide bonds. The maximum atomic E-state index is 5.85. The molecule has 1 aromatic carbocycles. The van der Waals surface area contributed by atoms with Crippen molar-refractivity contribution in [2.24, 2.45) is 0 Å². The number of nitrogen functional groups attached to an aromatic ring is 1. The number of nitrogens with one attached hydrogen (secondary N) is 3. The Labute approximate surface area is 156 Å². The number of hydrogen-bond donors (Lipinski definition) is 4. The first-order valence-electron chi connectivity index (χ1n) is 9.19. The molecular formula is C20H21N7. The SMILES string of the molecule is CC(c1ccc2[nH]ccc2c1)c1cnc(N)nc1Nc1cc(C2CC2)[nH]n1. The summed E-state index contributed by atoms with van der Waals surface area (Å²) in [5, 5.41) is 12.0. The van der Waals surface area contributed by atoms with Gasteiger partial charge in [-0.3, -0.25) is 5.10 Å². The van der Waals surface area contributed by atoms with E-state index in [1.54, 1.807) is 6.20 Å². The van der Waals surface area contributed by atoms with E-state index in [2.05, 4.69) is 67.7 Å². The first-order chi connectivity index (χ1) is 13.2. The fraction of sp³-hybridized carbons (Fsp3) is 0.250. The van der Waals surface area contributed by atoms with Crippen molar-refractivity contribution in [2.45, 2.75) is 31.6 Å². The maximum absolute atomic E-state index is 5.85. The van der Waals surface area contributed by atoms with Gasteiger partial charge in [0.2, 0.25) is 5.95 Å². The molecule has 136 valence electrons. The van der Waals surface area contributed by atoms with Gasteiger partial charge in [0.05, 0.1) is 0 Å². The van der Waals surface area contributed by atoms with Gasteiger partial charge in [-0.1, -0.05) is 13.0 Å². The fourth-order valence-corrected chi connectivity index (χ4v) is 3.47. The predicted molar refractivity (Wildman–Crippen MR) is 106 cm³/mol. The third-order valence-corrected chi connectivity index (χ3v) is 5.24. The molecule has 0 spiro atoms. The molecule has 1 aliphatic carbocycles. The van der Waals surface area contributed by atoms with Gasteiger partial charge in [-0.05, 0) is 42.0 Å². The quantitative estimate of drug-likeness (QED) is 0.430. The minimum atomic E-state index is 0.106. The smallest absolute Gasteiger partial charge is 0.221 e. The average Bonchev–Trinajstić information content (AvgIpc) is 3.23. The zero-order valence-corrected chi connectivity index (χ0v) is 15.0. The number of aromatic nitrogens is 5. The molecule has 0 saturated heterocycles. The molecule has 5 N–H and O–H groups in total. The molecular weight excluding hydrogens is 338 g/mol. The largest absolute Gasteiger partial charge is 0.368 e. The first kappa shape index (κ1) is 15.9. The van der Waals surface area contributed by atoms with Crippen molar-refractivity contribution in [3.63, 3.8) is 0 Å². The molecule has 0 bridgehead atoms. The molecule has 1 saturated carbocycles. The Kier molecular flexibility index (Phi) is 3.60. The second-order valence-corrected chi connectivity index (χ2v) is 7.19. The van der Waals surface area contributed by atoms with Crippen LogP contribution < -0.4 is 11.1 Å². The zero-order chi connectivity index (χ0) is 18.4. The highest BCUT2D eigenvalue weighted by Gasteiger charge is 2.26. The Morgan fingerprint density at radius 3 is 2.96 bits per heavy atom. The van der Waals surface area contributed by atoms with Gasteiger partial charge >= 0.3 is 0 Å². The van der Waals surface area contributed by atoms with Crippen LogP contribution in [0.1, 0.15) is 48.4 Å². The summed E-state index contributed by atoms with van der Waals surface area (Å²) in [6.07, 6.45) is 6.20. The summed E-state index contributed by atoms with van der Waals surface area (Å²) < 4.78 is 0. The van der Waals surface area contributed by atoms with E-state index in [1.807, 2.05) is 6.20 Å². The Balaban J connectivity index is 1.48. The maximum Gasteiger partial charge on any atom is 0.221 e. The fourth-order valence-electron chi connectivity index (χ4n) is 3.47. The summed E-state index contributed by atoms with van der Waals surface area (Å²) >= 11 is 0. The van der Waals surface area contributed by atoms with E-state index in [-0.39, 0.29) is 11.9 Å². The lowest BCUT2D eigenvalue weighted by molar-refractivity contribution is 0.902. The average molecular weight is 359 g/mol. The van der Waals surface area contributed by atoms with Crippen molar-refractivity contribution < 1.29 is 0 Å². The van der Waals surface area contributed by atoms with Gasteiger partial charge in [-0.2, -0.15) is 10.1 Å². The van der Waals surface area contributed by atoms with Crippen LogP contribution in [0.25, 0.3) is 10.9 Å². The normalized spacial score (nSPS) is 15.1. The van der Waals surface area contributed by atoms with Crippen molar-refractivity contribution in [2.75, 3.05) is 11.1 Å². The third-order valence-electron chi connectivity index (χ3n) is 5.24. The van der Waals surface area contributed by atoms with Gasteiger partial charge in [0.25, 0.3) is 0 Å². The minimum Gasteiger partial charge on any atom is -0.368 e. The van der Waals surface area contributed by atoms with Crippen LogP contribution in [0, 0.1) is 0 Å². The molecule has 7 nitrogen and oxygen atoms in total. The van der Waals surface area contributed by atoms with Gasteiger partial charge < -0.3 is 16.0 Å². The Bertz CT molecular complexity index is 1110. The number of nitrogens with two attached hydrogens (primary N) is 1. The molecule has 4 aromatic rings. The predicted octanol–water partition coefficient (Wildman–Crippen LogP) is 4.04. The van der Waals surface area contributed by atoms with Crippen molar-refractivity contribution in [3.05, 3.63) is 59.5 Å². The monoisotopic (exact) mass is 359 g/mol. The van der Waals surface area contributed by atoms with E-state index in [4.69, 9.17) is 5.73 Å². The van der Waals surface area contributed by atoms with Crippen molar-refractivity contribution >= 4 is 28.5 Å². The minimum absolute atomic E-state index is 0.106. The molecule has 1 aliphatic rings. The lowest BCUT2D eigenvalue weighted by Gasteiger charge is -2.16.